The molecule has 25 heavy (non-hydrogen) atoms. The second-order valence-electron chi connectivity index (χ2n) is 6.97. The summed E-state index contributed by atoms with van der Waals surface area (Å²) in [7, 11) is 1.74. The van der Waals surface area contributed by atoms with Crippen LogP contribution in [0.3, 0.4) is 0 Å². The summed E-state index contributed by atoms with van der Waals surface area (Å²) in [4.78, 5) is 23.2. The standard InChI is InChI=1S/C18H22FN5O/c1-10-7-24(12-3-4-12)17-13(16(10)25)5-14(19)18(22-17)23-8-11(6-20)15(9-23)21-2/h5,7,11-12H,3-4,6,8-9,20H2,1-2H3. The van der Waals surface area contributed by atoms with Crippen molar-refractivity contribution in [3.05, 3.63) is 33.9 Å². The van der Waals surface area contributed by atoms with Gasteiger partial charge in [0.2, 0.25) is 0 Å². The number of nitrogens with two attached hydrogens (primary N) is 1. The van der Waals surface area contributed by atoms with Crippen molar-refractivity contribution in [2.45, 2.75) is 25.8 Å². The smallest absolute Gasteiger partial charge is 0.194 e. The van der Waals surface area contributed by atoms with Crippen LogP contribution < -0.4 is 16.1 Å². The summed E-state index contributed by atoms with van der Waals surface area (Å²) in [6.45, 7) is 3.36. The monoisotopic (exact) mass is 343 g/mol. The third kappa shape index (κ3) is 2.63. The third-order valence-electron chi connectivity index (χ3n) is 5.19. The van der Waals surface area contributed by atoms with E-state index < -0.39 is 5.82 Å². The van der Waals surface area contributed by atoms with E-state index in [9.17, 15) is 9.18 Å². The maximum Gasteiger partial charge on any atom is 0.194 e. The van der Waals surface area contributed by atoms with Crippen LogP contribution in [0.25, 0.3) is 11.0 Å². The van der Waals surface area contributed by atoms with Crippen molar-refractivity contribution < 1.29 is 4.39 Å². The molecule has 2 aromatic heterocycles. The number of aryl methyl sites for hydroxylation is 1. The number of pyridine rings is 2. The highest BCUT2D eigenvalue weighted by Gasteiger charge is 2.31. The Balaban J connectivity index is 1.86. The van der Waals surface area contributed by atoms with Crippen molar-refractivity contribution in [3.63, 3.8) is 0 Å². The van der Waals surface area contributed by atoms with E-state index in [4.69, 9.17) is 5.73 Å². The molecule has 0 bridgehead atoms. The molecule has 1 unspecified atom stereocenters. The largest absolute Gasteiger partial charge is 0.348 e. The molecule has 2 N–H and O–H groups in total. The minimum Gasteiger partial charge on any atom is -0.348 e. The molecule has 7 heteroatoms. The molecule has 0 radical (unpaired) electrons. The number of nitrogens with zero attached hydrogens (tertiary/aromatic N) is 4. The Morgan fingerprint density at radius 3 is 2.80 bits per heavy atom. The SMILES string of the molecule is CN=C1CN(c2nc3c(cc2F)c(=O)c(C)cn3C2CC2)CC1CN. The average molecular weight is 343 g/mol. The van der Waals surface area contributed by atoms with Crippen LogP contribution in [0.5, 0.6) is 0 Å². The molecule has 0 spiro atoms. The lowest BCUT2D eigenvalue weighted by Gasteiger charge is -2.19. The second kappa shape index (κ2) is 5.91. The predicted molar refractivity (Wildman–Crippen MR) is 97.1 cm³/mol. The Labute approximate surface area is 145 Å². The predicted octanol–water partition coefficient (Wildman–Crippen LogP) is 1.64. The fraction of sp³-hybridized carbons (Fsp3) is 0.500. The quantitative estimate of drug-likeness (QED) is 0.919. The fourth-order valence-electron chi connectivity index (χ4n) is 3.61. The molecule has 6 nitrogen and oxygen atoms in total. The minimum absolute atomic E-state index is 0.116. The van der Waals surface area contributed by atoms with E-state index in [-0.39, 0.29) is 17.2 Å². The van der Waals surface area contributed by atoms with Gasteiger partial charge in [0.05, 0.1) is 11.9 Å². The first-order valence-corrected chi connectivity index (χ1v) is 8.66. The first kappa shape index (κ1) is 16.2. The van der Waals surface area contributed by atoms with Gasteiger partial charge in [-0.1, -0.05) is 0 Å². The Bertz CT molecular complexity index is 931. The maximum absolute atomic E-state index is 14.8. The first-order chi connectivity index (χ1) is 12.0. The number of rotatable bonds is 3. The number of hydrogen-bond acceptors (Lipinski definition) is 5. The van der Waals surface area contributed by atoms with Crippen LogP contribution in [0.15, 0.2) is 22.1 Å². The van der Waals surface area contributed by atoms with Gasteiger partial charge in [0.15, 0.2) is 17.1 Å². The molecule has 0 amide bonds. The molecular formula is C18H22FN5O. The average Bonchev–Trinajstić information content (AvgIpc) is 3.36. The summed E-state index contributed by atoms with van der Waals surface area (Å²) in [5.41, 5.74) is 7.82. The van der Waals surface area contributed by atoms with Crippen molar-refractivity contribution >= 4 is 22.6 Å². The summed E-state index contributed by atoms with van der Waals surface area (Å²) in [6, 6.07) is 1.69. The van der Waals surface area contributed by atoms with E-state index in [2.05, 4.69) is 9.98 Å². The molecule has 3 heterocycles. The lowest BCUT2D eigenvalue weighted by molar-refractivity contribution is 0.612. The van der Waals surface area contributed by atoms with Crippen LogP contribution in [-0.2, 0) is 0 Å². The molecule has 2 aliphatic rings. The number of fused-ring (bicyclic) bond motifs is 1. The van der Waals surface area contributed by atoms with E-state index in [1.165, 1.54) is 6.07 Å². The summed E-state index contributed by atoms with van der Waals surface area (Å²) in [5.74, 6) is -0.0709. The van der Waals surface area contributed by atoms with Gasteiger partial charge >= 0.3 is 0 Å². The van der Waals surface area contributed by atoms with E-state index in [0.717, 1.165) is 18.6 Å². The van der Waals surface area contributed by atoms with Crippen LogP contribution in [0.2, 0.25) is 0 Å². The number of hydrogen-bond donors (Lipinski definition) is 1. The van der Waals surface area contributed by atoms with Gasteiger partial charge < -0.3 is 15.2 Å². The highest BCUT2D eigenvalue weighted by Crippen LogP contribution is 2.37. The number of aromatic nitrogens is 2. The zero-order chi connectivity index (χ0) is 17.7. The molecule has 1 aliphatic carbocycles. The molecule has 1 saturated carbocycles. The minimum atomic E-state index is -0.467. The zero-order valence-electron chi connectivity index (χ0n) is 14.5. The second-order valence-corrected chi connectivity index (χ2v) is 6.97. The van der Waals surface area contributed by atoms with Crippen molar-refractivity contribution in [1.29, 1.82) is 0 Å². The third-order valence-corrected chi connectivity index (χ3v) is 5.19. The molecule has 132 valence electrons. The van der Waals surface area contributed by atoms with Gasteiger partial charge in [-0.05, 0) is 25.8 Å². The number of aliphatic imine (C=N–C) groups is 1. The fourth-order valence-corrected chi connectivity index (χ4v) is 3.61. The van der Waals surface area contributed by atoms with E-state index in [1.54, 1.807) is 14.0 Å². The van der Waals surface area contributed by atoms with E-state index in [0.29, 0.717) is 42.3 Å². The lowest BCUT2D eigenvalue weighted by Crippen LogP contribution is -2.25. The molecular weight excluding hydrogens is 321 g/mol. The van der Waals surface area contributed by atoms with Gasteiger partial charge in [0.1, 0.15) is 5.65 Å². The summed E-state index contributed by atoms with van der Waals surface area (Å²) in [5, 5.41) is 0.354. The molecule has 1 atom stereocenters. The van der Waals surface area contributed by atoms with Crippen LogP contribution >= 0.6 is 0 Å². The van der Waals surface area contributed by atoms with E-state index in [1.807, 2.05) is 15.7 Å². The summed E-state index contributed by atoms with van der Waals surface area (Å²) in [6.07, 6.45) is 3.98. The zero-order valence-corrected chi connectivity index (χ0v) is 14.5. The van der Waals surface area contributed by atoms with Gasteiger partial charge in [-0.2, -0.15) is 0 Å². The van der Waals surface area contributed by atoms with E-state index >= 15 is 0 Å². The number of halogens is 1. The summed E-state index contributed by atoms with van der Waals surface area (Å²) < 4.78 is 16.8. The first-order valence-electron chi connectivity index (χ1n) is 8.66. The Morgan fingerprint density at radius 2 is 2.20 bits per heavy atom. The van der Waals surface area contributed by atoms with Gasteiger partial charge in [-0.25, -0.2) is 9.37 Å². The molecule has 2 aromatic rings. The van der Waals surface area contributed by atoms with Crippen molar-refractivity contribution in [1.82, 2.24) is 9.55 Å². The molecule has 0 aromatic carbocycles. The summed E-state index contributed by atoms with van der Waals surface area (Å²) >= 11 is 0. The maximum atomic E-state index is 14.8. The van der Waals surface area contributed by atoms with Crippen molar-refractivity contribution in [2.24, 2.45) is 16.6 Å². The van der Waals surface area contributed by atoms with Gasteiger partial charge in [0, 0.05) is 49.6 Å². The van der Waals surface area contributed by atoms with Gasteiger partial charge in [0.25, 0.3) is 0 Å². The molecule has 4 rings (SSSR count). The van der Waals surface area contributed by atoms with Gasteiger partial charge in [-0.3, -0.25) is 9.79 Å². The Kier molecular flexibility index (Phi) is 3.83. The lowest BCUT2D eigenvalue weighted by atomic mass is 10.1. The Morgan fingerprint density at radius 1 is 1.44 bits per heavy atom. The Hall–Kier alpha value is -2.28. The topological polar surface area (TPSA) is 76.5 Å². The van der Waals surface area contributed by atoms with Gasteiger partial charge in [-0.15, -0.1) is 0 Å². The normalized spacial score (nSPS) is 22.3. The van der Waals surface area contributed by atoms with Crippen LogP contribution in [0, 0.1) is 18.7 Å². The number of anilines is 1. The van der Waals surface area contributed by atoms with Crippen molar-refractivity contribution in [3.8, 4) is 0 Å². The van der Waals surface area contributed by atoms with Crippen LogP contribution in [0.1, 0.15) is 24.4 Å². The molecule has 2 fully saturated rings. The molecule has 1 aliphatic heterocycles. The highest BCUT2D eigenvalue weighted by atomic mass is 19.1. The van der Waals surface area contributed by atoms with Crippen molar-refractivity contribution in [2.75, 3.05) is 31.6 Å². The molecule has 1 saturated heterocycles. The van der Waals surface area contributed by atoms with Crippen LogP contribution in [0.4, 0.5) is 10.2 Å². The van der Waals surface area contributed by atoms with Crippen LogP contribution in [-0.4, -0.2) is 41.9 Å². The highest BCUT2D eigenvalue weighted by molar-refractivity contribution is 5.94.